The second kappa shape index (κ2) is 9.71. The summed E-state index contributed by atoms with van der Waals surface area (Å²) in [7, 11) is 4.82. The first-order chi connectivity index (χ1) is 14.4. The number of nitrogens with zero attached hydrogens (tertiary/aromatic N) is 2. The summed E-state index contributed by atoms with van der Waals surface area (Å²) in [5.74, 6) is 1.24. The van der Waals surface area contributed by atoms with Gasteiger partial charge in [0.1, 0.15) is 12.4 Å². The topological polar surface area (TPSA) is 68.3 Å². The van der Waals surface area contributed by atoms with E-state index in [1.165, 1.54) is 0 Å². The predicted octanol–water partition coefficient (Wildman–Crippen LogP) is 3.25. The molecular weight excluding hydrogens is 408 g/mol. The summed E-state index contributed by atoms with van der Waals surface area (Å²) in [6.45, 7) is 1.10. The Kier molecular flexibility index (Phi) is 7.05. The molecule has 1 fully saturated rings. The van der Waals surface area contributed by atoms with E-state index in [9.17, 15) is 9.59 Å². The highest BCUT2D eigenvalue weighted by atomic mass is 35.5. The van der Waals surface area contributed by atoms with Gasteiger partial charge in [0.05, 0.1) is 26.7 Å². The highest BCUT2D eigenvalue weighted by Gasteiger charge is 2.36. The quantitative estimate of drug-likeness (QED) is 0.640. The molecule has 0 radical (unpaired) electrons. The first-order valence-corrected chi connectivity index (χ1v) is 9.96. The number of likely N-dealkylation sites (N-methyl/N-ethyl adjacent to an activating group) is 1. The van der Waals surface area contributed by atoms with Gasteiger partial charge in [-0.05, 0) is 36.4 Å². The Morgan fingerprint density at radius 1 is 1.13 bits per heavy atom. The fourth-order valence-corrected chi connectivity index (χ4v) is 3.49. The molecule has 1 aliphatic rings. The first kappa shape index (κ1) is 21.8. The third-order valence-corrected chi connectivity index (χ3v) is 5.29. The molecular formula is C22H25ClN2O5. The number of amides is 2. The van der Waals surface area contributed by atoms with E-state index in [0.29, 0.717) is 47.7 Å². The van der Waals surface area contributed by atoms with Crippen LogP contribution in [-0.2, 0) is 9.59 Å². The molecule has 7 nitrogen and oxygen atoms in total. The van der Waals surface area contributed by atoms with Gasteiger partial charge in [-0.2, -0.15) is 0 Å². The molecule has 1 saturated heterocycles. The third kappa shape index (κ3) is 4.97. The third-order valence-electron chi connectivity index (χ3n) is 5.04. The fraction of sp³-hybridized carbons (Fsp3) is 0.364. The van der Waals surface area contributed by atoms with E-state index >= 15 is 0 Å². The maximum atomic E-state index is 12.8. The molecule has 0 aliphatic carbocycles. The fourth-order valence-electron chi connectivity index (χ4n) is 3.37. The Labute approximate surface area is 181 Å². The van der Waals surface area contributed by atoms with Crippen molar-refractivity contribution in [1.29, 1.82) is 0 Å². The molecule has 8 heteroatoms. The number of methoxy groups -OCH3 is 2. The molecule has 2 aromatic rings. The second-order valence-corrected chi connectivity index (χ2v) is 7.44. The van der Waals surface area contributed by atoms with E-state index in [0.717, 1.165) is 0 Å². The molecule has 2 aromatic carbocycles. The van der Waals surface area contributed by atoms with Crippen molar-refractivity contribution in [3.05, 3.63) is 47.5 Å². The van der Waals surface area contributed by atoms with Gasteiger partial charge in [-0.25, -0.2) is 0 Å². The van der Waals surface area contributed by atoms with Crippen molar-refractivity contribution in [1.82, 2.24) is 4.90 Å². The number of carbonyl (C=O) groups is 2. The van der Waals surface area contributed by atoms with Gasteiger partial charge in [0.2, 0.25) is 11.8 Å². The van der Waals surface area contributed by atoms with Crippen LogP contribution in [0.25, 0.3) is 0 Å². The monoisotopic (exact) mass is 432 g/mol. The summed E-state index contributed by atoms with van der Waals surface area (Å²) in [5, 5.41) is 0.639. The van der Waals surface area contributed by atoms with E-state index in [2.05, 4.69) is 0 Å². The van der Waals surface area contributed by atoms with E-state index in [1.54, 1.807) is 73.5 Å². The van der Waals surface area contributed by atoms with Crippen LogP contribution >= 0.6 is 11.6 Å². The molecule has 3 rings (SSSR count). The minimum Gasteiger partial charge on any atom is -0.493 e. The minimum atomic E-state index is -0.397. The van der Waals surface area contributed by atoms with Gasteiger partial charge >= 0.3 is 0 Å². The van der Waals surface area contributed by atoms with Gasteiger partial charge in [-0.3, -0.25) is 9.59 Å². The normalized spacial score (nSPS) is 15.8. The van der Waals surface area contributed by atoms with Crippen molar-refractivity contribution in [2.75, 3.05) is 45.9 Å². The average molecular weight is 433 g/mol. The lowest BCUT2D eigenvalue weighted by atomic mass is 10.1. The number of hydrogen-bond acceptors (Lipinski definition) is 5. The van der Waals surface area contributed by atoms with Gasteiger partial charge in [0, 0.05) is 36.8 Å². The number of benzene rings is 2. The summed E-state index contributed by atoms with van der Waals surface area (Å²) in [6, 6.07) is 12.3. The molecule has 1 aliphatic heterocycles. The molecule has 0 bridgehead atoms. The van der Waals surface area contributed by atoms with Crippen molar-refractivity contribution in [3.8, 4) is 17.2 Å². The van der Waals surface area contributed by atoms with E-state index < -0.39 is 5.92 Å². The van der Waals surface area contributed by atoms with E-state index in [4.69, 9.17) is 25.8 Å². The van der Waals surface area contributed by atoms with Crippen LogP contribution in [0.5, 0.6) is 17.2 Å². The van der Waals surface area contributed by atoms with Crippen molar-refractivity contribution in [3.63, 3.8) is 0 Å². The zero-order chi connectivity index (χ0) is 21.7. The summed E-state index contributed by atoms with van der Waals surface area (Å²) in [5.41, 5.74) is 0.682. The molecule has 0 aromatic heterocycles. The van der Waals surface area contributed by atoms with Crippen LogP contribution in [0.1, 0.15) is 6.42 Å². The molecule has 160 valence electrons. The molecule has 0 N–H and O–H groups in total. The number of rotatable bonds is 8. The van der Waals surface area contributed by atoms with Gasteiger partial charge in [-0.1, -0.05) is 11.6 Å². The number of ether oxygens (including phenoxy) is 3. The number of carbonyl (C=O) groups excluding carboxylic acids is 2. The molecule has 1 unspecified atom stereocenters. The van der Waals surface area contributed by atoms with Crippen molar-refractivity contribution in [2.24, 2.45) is 5.92 Å². The number of anilines is 1. The maximum absolute atomic E-state index is 12.8. The Bertz CT molecular complexity index is 903. The molecule has 1 heterocycles. The lowest BCUT2D eigenvalue weighted by molar-refractivity contribution is -0.134. The smallest absolute Gasteiger partial charge is 0.227 e. The lowest BCUT2D eigenvalue weighted by Crippen LogP contribution is -2.37. The zero-order valence-electron chi connectivity index (χ0n) is 17.3. The van der Waals surface area contributed by atoms with Crippen molar-refractivity contribution >= 4 is 29.1 Å². The lowest BCUT2D eigenvalue weighted by Gasteiger charge is -2.22. The Morgan fingerprint density at radius 3 is 2.50 bits per heavy atom. The highest BCUT2D eigenvalue weighted by Crippen LogP contribution is 2.34. The standard InChI is InChI=1S/C22H25ClN2O5/c1-24(10-11-30-18-7-4-16(23)5-8-18)22(27)15-12-21(26)25(14-15)17-6-9-19(28-2)20(13-17)29-3/h4-9,13,15H,10-12,14H2,1-3H3. The maximum Gasteiger partial charge on any atom is 0.227 e. The summed E-state index contributed by atoms with van der Waals surface area (Å²) < 4.78 is 16.2. The van der Waals surface area contributed by atoms with E-state index in [-0.39, 0.29) is 18.2 Å². The van der Waals surface area contributed by atoms with Gasteiger partial charge in [0.15, 0.2) is 11.5 Å². The predicted molar refractivity (Wildman–Crippen MR) is 115 cm³/mol. The van der Waals surface area contributed by atoms with E-state index in [1.807, 2.05) is 0 Å². The zero-order valence-corrected chi connectivity index (χ0v) is 18.0. The SMILES string of the molecule is COc1ccc(N2CC(C(=O)N(C)CCOc3ccc(Cl)cc3)CC2=O)cc1OC. The summed E-state index contributed by atoms with van der Waals surface area (Å²) in [6.07, 6.45) is 0.176. The Hall–Kier alpha value is -2.93. The van der Waals surface area contributed by atoms with Crippen LogP contribution in [0.2, 0.25) is 5.02 Å². The van der Waals surface area contributed by atoms with Crippen molar-refractivity contribution < 1.29 is 23.8 Å². The number of halogens is 1. The molecule has 0 spiro atoms. The van der Waals surface area contributed by atoms with Crippen LogP contribution in [0.3, 0.4) is 0 Å². The largest absolute Gasteiger partial charge is 0.493 e. The molecule has 1 atom stereocenters. The van der Waals surface area contributed by atoms with Gasteiger partial charge in [0.25, 0.3) is 0 Å². The second-order valence-electron chi connectivity index (χ2n) is 7.01. The van der Waals surface area contributed by atoms with Gasteiger partial charge < -0.3 is 24.0 Å². The first-order valence-electron chi connectivity index (χ1n) is 9.58. The molecule has 2 amide bonds. The van der Waals surface area contributed by atoms with Crippen LogP contribution in [0.15, 0.2) is 42.5 Å². The van der Waals surface area contributed by atoms with Crippen LogP contribution in [0, 0.1) is 5.92 Å². The molecule has 30 heavy (non-hydrogen) atoms. The minimum absolute atomic E-state index is 0.0777. The average Bonchev–Trinajstić information content (AvgIpc) is 3.15. The highest BCUT2D eigenvalue weighted by molar-refractivity contribution is 6.30. The molecule has 0 saturated carbocycles. The van der Waals surface area contributed by atoms with Crippen LogP contribution in [0.4, 0.5) is 5.69 Å². The van der Waals surface area contributed by atoms with Crippen LogP contribution in [-0.4, -0.2) is 57.7 Å². The Morgan fingerprint density at radius 2 is 1.83 bits per heavy atom. The van der Waals surface area contributed by atoms with Crippen LogP contribution < -0.4 is 19.1 Å². The van der Waals surface area contributed by atoms with Gasteiger partial charge in [-0.15, -0.1) is 0 Å². The summed E-state index contributed by atoms with van der Waals surface area (Å²) >= 11 is 5.86. The van der Waals surface area contributed by atoms with Crippen molar-refractivity contribution in [2.45, 2.75) is 6.42 Å². The number of hydrogen-bond donors (Lipinski definition) is 0. The Balaban J connectivity index is 1.57. The summed E-state index contributed by atoms with van der Waals surface area (Å²) in [4.78, 5) is 28.6.